The molecule has 0 radical (unpaired) electrons. The topological polar surface area (TPSA) is 69.6 Å². The largest absolute Gasteiger partial charge is 0.481 e. The summed E-state index contributed by atoms with van der Waals surface area (Å²) >= 11 is 6.02. The molecule has 0 aliphatic heterocycles. The zero-order valence-corrected chi connectivity index (χ0v) is 19.7. The summed E-state index contributed by atoms with van der Waals surface area (Å²) in [6.45, 7) is 4.13. The fourth-order valence-electron chi connectivity index (χ4n) is 4.08. The van der Waals surface area contributed by atoms with E-state index >= 15 is 0 Å². The summed E-state index contributed by atoms with van der Waals surface area (Å²) in [6.07, 6.45) is 1.86. The number of halogens is 1. The maximum absolute atomic E-state index is 12.5. The molecule has 0 aliphatic rings. The highest BCUT2D eigenvalue weighted by atomic mass is 35.5. The molecule has 0 spiro atoms. The van der Waals surface area contributed by atoms with Gasteiger partial charge < -0.3 is 10.4 Å². The first kappa shape index (κ1) is 24.7. The summed E-state index contributed by atoms with van der Waals surface area (Å²) < 4.78 is 0. The molecule has 5 nitrogen and oxygen atoms in total. The molecule has 1 atom stereocenters. The summed E-state index contributed by atoms with van der Waals surface area (Å²) in [5.41, 5.74) is 2.16. The fourth-order valence-corrected chi connectivity index (χ4v) is 4.20. The van der Waals surface area contributed by atoms with Crippen LogP contribution in [0.1, 0.15) is 43.4 Å². The molecule has 6 heteroatoms. The minimum absolute atomic E-state index is 0.00882. The van der Waals surface area contributed by atoms with Crippen molar-refractivity contribution >= 4 is 34.2 Å². The summed E-state index contributed by atoms with van der Waals surface area (Å²) in [7, 11) is 0. The van der Waals surface area contributed by atoms with Crippen LogP contribution in [0.5, 0.6) is 0 Å². The second-order valence-electron chi connectivity index (χ2n) is 8.28. The maximum atomic E-state index is 12.5. The Morgan fingerprint density at radius 3 is 2.42 bits per heavy atom. The van der Waals surface area contributed by atoms with E-state index in [0.29, 0.717) is 31.0 Å². The lowest BCUT2D eigenvalue weighted by molar-refractivity contribution is -0.137. The number of amides is 1. The second-order valence-corrected chi connectivity index (χ2v) is 8.72. The number of benzene rings is 3. The SMILES string of the molecule is CC(c1ccc(Cl)cc1)N(CCCNC(=O)Cc1cccc2ccccc12)CCCC(=O)O. The van der Waals surface area contributed by atoms with Crippen molar-refractivity contribution in [1.29, 1.82) is 0 Å². The number of aliphatic carboxylic acids is 1. The quantitative estimate of drug-likeness (QED) is 0.347. The molecule has 0 saturated heterocycles. The van der Waals surface area contributed by atoms with Crippen LogP contribution in [0.3, 0.4) is 0 Å². The van der Waals surface area contributed by atoms with Gasteiger partial charge in [-0.25, -0.2) is 0 Å². The van der Waals surface area contributed by atoms with Gasteiger partial charge in [0.2, 0.25) is 5.91 Å². The number of nitrogens with zero attached hydrogens (tertiary/aromatic N) is 1. The van der Waals surface area contributed by atoms with Crippen LogP contribution >= 0.6 is 11.6 Å². The van der Waals surface area contributed by atoms with Crippen LogP contribution in [0.2, 0.25) is 5.02 Å². The number of rotatable bonds is 12. The molecule has 0 aromatic heterocycles. The van der Waals surface area contributed by atoms with Gasteiger partial charge in [0.1, 0.15) is 0 Å². The minimum atomic E-state index is -0.783. The van der Waals surface area contributed by atoms with Gasteiger partial charge in [-0.05, 0) is 60.3 Å². The highest BCUT2D eigenvalue weighted by molar-refractivity contribution is 6.30. The normalized spacial score (nSPS) is 12.1. The molecule has 3 aromatic rings. The number of carboxylic acids is 1. The van der Waals surface area contributed by atoms with Crippen molar-refractivity contribution in [3.63, 3.8) is 0 Å². The van der Waals surface area contributed by atoms with Gasteiger partial charge in [0.05, 0.1) is 6.42 Å². The van der Waals surface area contributed by atoms with Gasteiger partial charge >= 0.3 is 5.97 Å². The van der Waals surface area contributed by atoms with Crippen LogP contribution < -0.4 is 5.32 Å². The lowest BCUT2D eigenvalue weighted by Crippen LogP contribution is -2.33. The van der Waals surface area contributed by atoms with Gasteiger partial charge in [-0.2, -0.15) is 0 Å². The van der Waals surface area contributed by atoms with Crippen LogP contribution in [-0.4, -0.2) is 41.5 Å². The summed E-state index contributed by atoms with van der Waals surface area (Å²) in [5.74, 6) is -0.774. The average molecular weight is 467 g/mol. The van der Waals surface area contributed by atoms with Crippen molar-refractivity contribution in [2.45, 2.75) is 38.6 Å². The third-order valence-corrected chi connectivity index (χ3v) is 6.16. The first-order chi connectivity index (χ1) is 15.9. The Balaban J connectivity index is 1.52. The Morgan fingerprint density at radius 2 is 1.67 bits per heavy atom. The predicted molar refractivity (Wildman–Crippen MR) is 134 cm³/mol. The average Bonchev–Trinajstić information content (AvgIpc) is 2.81. The van der Waals surface area contributed by atoms with Crippen molar-refractivity contribution in [1.82, 2.24) is 10.2 Å². The smallest absolute Gasteiger partial charge is 0.303 e. The number of hydrogen-bond acceptors (Lipinski definition) is 3. The standard InChI is InChI=1S/C27H31ClN2O3/c1-20(21-12-14-24(28)15-13-21)30(17-5-11-27(32)33)18-6-16-29-26(31)19-23-9-4-8-22-7-2-3-10-25(22)23/h2-4,7-10,12-15,20H,5-6,11,16-19H2,1H3,(H,29,31)(H,32,33). The lowest BCUT2D eigenvalue weighted by atomic mass is 10.0. The van der Waals surface area contributed by atoms with Gasteiger partial charge in [0, 0.05) is 30.6 Å². The molecule has 0 aliphatic carbocycles. The lowest BCUT2D eigenvalue weighted by Gasteiger charge is -2.29. The summed E-state index contributed by atoms with van der Waals surface area (Å²) in [4.78, 5) is 25.7. The van der Waals surface area contributed by atoms with E-state index in [0.717, 1.165) is 34.9 Å². The molecule has 0 heterocycles. The number of carboxylic acid groups (broad SMARTS) is 1. The first-order valence-corrected chi connectivity index (χ1v) is 11.8. The van der Waals surface area contributed by atoms with Gasteiger partial charge in [-0.15, -0.1) is 0 Å². The molecular formula is C27H31ClN2O3. The van der Waals surface area contributed by atoms with Gasteiger partial charge in [-0.3, -0.25) is 14.5 Å². The minimum Gasteiger partial charge on any atom is -0.481 e. The summed E-state index contributed by atoms with van der Waals surface area (Å²) in [5, 5.41) is 15.0. The Hall–Kier alpha value is -2.89. The van der Waals surface area contributed by atoms with Crippen LogP contribution in [0.4, 0.5) is 0 Å². The van der Waals surface area contributed by atoms with E-state index in [9.17, 15) is 9.59 Å². The Morgan fingerprint density at radius 1 is 0.970 bits per heavy atom. The molecule has 0 bridgehead atoms. The van der Waals surface area contributed by atoms with E-state index in [1.165, 1.54) is 0 Å². The zero-order valence-electron chi connectivity index (χ0n) is 19.0. The molecule has 33 heavy (non-hydrogen) atoms. The molecule has 1 amide bonds. The number of carbonyl (C=O) groups is 2. The third kappa shape index (κ3) is 7.58. The second kappa shape index (κ2) is 12.4. The number of carbonyl (C=O) groups excluding carboxylic acids is 1. The van der Waals surface area contributed by atoms with Crippen LogP contribution in [0.15, 0.2) is 66.7 Å². The molecular weight excluding hydrogens is 436 g/mol. The fraction of sp³-hybridized carbons (Fsp3) is 0.333. The van der Waals surface area contributed by atoms with Crippen molar-refractivity contribution in [2.24, 2.45) is 0 Å². The van der Waals surface area contributed by atoms with Gasteiger partial charge in [0.15, 0.2) is 0 Å². The third-order valence-electron chi connectivity index (χ3n) is 5.91. The van der Waals surface area contributed by atoms with E-state index in [-0.39, 0.29) is 18.4 Å². The van der Waals surface area contributed by atoms with Crippen LogP contribution in [0.25, 0.3) is 10.8 Å². The monoisotopic (exact) mass is 466 g/mol. The van der Waals surface area contributed by atoms with E-state index < -0.39 is 5.97 Å². The van der Waals surface area contributed by atoms with Crippen molar-refractivity contribution in [3.05, 3.63) is 82.9 Å². The number of fused-ring (bicyclic) bond motifs is 1. The molecule has 2 N–H and O–H groups in total. The molecule has 1 unspecified atom stereocenters. The van der Waals surface area contributed by atoms with E-state index in [2.05, 4.69) is 29.3 Å². The van der Waals surface area contributed by atoms with Crippen LogP contribution in [-0.2, 0) is 16.0 Å². The predicted octanol–water partition coefficient (Wildman–Crippen LogP) is 5.47. The number of hydrogen-bond donors (Lipinski definition) is 2. The Kier molecular flexibility index (Phi) is 9.28. The molecule has 0 fully saturated rings. The Labute approximate surface area is 200 Å². The highest BCUT2D eigenvalue weighted by Gasteiger charge is 2.16. The Bertz CT molecular complexity index is 1060. The van der Waals surface area contributed by atoms with Crippen LogP contribution in [0, 0.1) is 0 Å². The van der Waals surface area contributed by atoms with E-state index in [4.69, 9.17) is 16.7 Å². The highest BCUT2D eigenvalue weighted by Crippen LogP contribution is 2.23. The van der Waals surface area contributed by atoms with Crippen molar-refractivity contribution < 1.29 is 14.7 Å². The summed E-state index contributed by atoms with van der Waals surface area (Å²) in [6, 6.07) is 22.0. The van der Waals surface area contributed by atoms with E-state index in [1.807, 2.05) is 54.6 Å². The maximum Gasteiger partial charge on any atom is 0.303 e. The van der Waals surface area contributed by atoms with Crippen molar-refractivity contribution in [3.8, 4) is 0 Å². The van der Waals surface area contributed by atoms with Gasteiger partial charge in [-0.1, -0.05) is 66.2 Å². The molecule has 3 rings (SSSR count). The molecule has 0 saturated carbocycles. The zero-order chi connectivity index (χ0) is 23.6. The molecule has 174 valence electrons. The number of nitrogens with one attached hydrogen (secondary N) is 1. The van der Waals surface area contributed by atoms with E-state index in [1.54, 1.807) is 0 Å². The molecule has 3 aromatic carbocycles. The van der Waals surface area contributed by atoms with Crippen molar-refractivity contribution in [2.75, 3.05) is 19.6 Å². The van der Waals surface area contributed by atoms with Gasteiger partial charge in [0.25, 0.3) is 0 Å². The first-order valence-electron chi connectivity index (χ1n) is 11.4.